The maximum atomic E-state index is 12.7. The summed E-state index contributed by atoms with van der Waals surface area (Å²) in [6.45, 7) is 0.676. The van der Waals surface area contributed by atoms with E-state index in [1.807, 2.05) is 30.3 Å². The predicted molar refractivity (Wildman–Crippen MR) is 85.2 cm³/mol. The molecule has 3 amide bonds. The highest BCUT2D eigenvalue weighted by molar-refractivity contribution is 5.99. The lowest BCUT2D eigenvalue weighted by Crippen LogP contribution is -2.55. The topological polar surface area (TPSA) is 89.9 Å². The zero-order chi connectivity index (χ0) is 16.8. The van der Waals surface area contributed by atoms with Gasteiger partial charge in [0, 0.05) is 25.8 Å². The van der Waals surface area contributed by atoms with Gasteiger partial charge in [-0.2, -0.15) is 0 Å². The van der Waals surface area contributed by atoms with Crippen molar-refractivity contribution < 1.29 is 19.5 Å². The molecule has 1 aromatic carbocycles. The van der Waals surface area contributed by atoms with Gasteiger partial charge in [0.1, 0.15) is 6.04 Å². The zero-order valence-electron chi connectivity index (χ0n) is 13.1. The first kappa shape index (κ1) is 16.8. The number of carboxylic acids is 1. The van der Waals surface area contributed by atoms with Crippen molar-refractivity contribution in [2.75, 3.05) is 25.0 Å². The van der Waals surface area contributed by atoms with Crippen LogP contribution in [0.3, 0.4) is 0 Å². The number of anilines is 1. The SMILES string of the molecule is CN(C(=O)NCCC(=O)O)C1CCCN(c2ccccc2)C1=O. The Morgan fingerprint density at radius 2 is 2.04 bits per heavy atom. The van der Waals surface area contributed by atoms with Crippen molar-refractivity contribution in [3.63, 3.8) is 0 Å². The van der Waals surface area contributed by atoms with Gasteiger partial charge in [-0.25, -0.2) is 4.79 Å². The molecule has 1 saturated heterocycles. The number of carbonyl (C=O) groups excluding carboxylic acids is 2. The third-order valence-electron chi connectivity index (χ3n) is 3.88. The van der Waals surface area contributed by atoms with Crippen LogP contribution in [0.25, 0.3) is 0 Å². The molecule has 1 unspecified atom stereocenters. The molecule has 23 heavy (non-hydrogen) atoms. The average molecular weight is 319 g/mol. The van der Waals surface area contributed by atoms with Gasteiger partial charge in [-0.05, 0) is 25.0 Å². The molecule has 7 heteroatoms. The van der Waals surface area contributed by atoms with E-state index >= 15 is 0 Å². The van der Waals surface area contributed by atoms with Crippen LogP contribution in [0.15, 0.2) is 30.3 Å². The van der Waals surface area contributed by atoms with Crippen molar-refractivity contribution >= 4 is 23.6 Å². The number of nitrogens with zero attached hydrogens (tertiary/aromatic N) is 2. The van der Waals surface area contributed by atoms with Crippen LogP contribution in [0, 0.1) is 0 Å². The van der Waals surface area contributed by atoms with E-state index in [0.29, 0.717) is 13.0 Å². The summed E-state index contributed by atoms with van der Waals surface area (Å²) in [5.41, 5.74) is 0.821. The van der Waals surface area contributed by atoms with E-state index < -0.39 is 18.0 Å². The molecule has 2 N–H and O–H groups in total. The minimum atomic E-state index is -0.975. The fourth-order valence-electron chi connectivity index (χ4n) is 2.62. The van der Waals surface area contributed by atoms with Crippen LogP contribution in [0.5, 0.6) is 0 Å². The number of piperidine rings is 1. The Hall–Kier alpha value is -2.57. The first-order valence-electron chi connectivity index (χ1n) is 7.59. The van der Waals surface area contributed by atoms with Gasteiger partial charge in [0.2, 0.25) is 5.91 Å². The highest BCUT2D eigenvalue weighted by Crippen LogP contribution is 2.23. The Morgan fingerprint density at radius 3 is 2.70 bits per heavy atom. The molecular weight excluding hydrogens is 298 g/mol. The zero-order valence-corrected chi connectivity index (χ0v) is 13.1. The Bertz CT molecular complexity index is 576. The normalized spacial score (nSPS) is 17.7. The van der Waals surface area contributed by atoms with Crippen LogP contribution in [-0.4, -0.2) is 54.1 Å². The number of carboxylic acid groups (broad SMARTS) is 1. The molecule has 1 fully saturated rings. The van der Waals surface area contributed by atoms with Crippen LogP contribution in [0.4, 0.5) is 10.5 Å². The molecular formula is C16H21N3O4. The number of hydrogen-bond donors (Lipinski definition) is 2. The number of rotatable bonds is 5. The largest absolute Gasteiger partial charge is 0.481 e. The van der Waals surface area contributed by atoms with Crippen molar-refractivity contribution in [3.8, 4) is 0 Å². The van der Waals surface area contributed by atoms with E-state index in [1.54, 1.807) is 11.9 Å². The number of aliphatic carboxylic acids is 1. The summed E-state index contributed by atoms with van der Waals surface area (Å²) in [6, 6.07) is 8.40. The van der Waals surface area contributed by atoms with E-state index in [4.69, 9.17) is 5.11 Å². The van der Waals surface area contributed by atoms with Crippen LogP contribution in [-0.2, 0) is 9.59 Å². The number of hydrogen-bond acceptors (Lipinski definition) is 3. The summed E-state index contributed by atoms with van der Waals surface area (Å²) in [5.74, 6) is -1.09. The van der Waals surface area contributed by atoms with E-state index in [9.17, 15) is 14.4 Å². The minimum Gasteiger partial charge on any atom is -0.481 e. The van der Waals surface area contributed by atoms with Gasteiger partial charge in [0.25, 0.3) is 0 Å². The van der Waals surface area contributed by atoms with Gasteiger partial charge in [0.15, 0.2) is 0 Å². The maximum Gasteiger partial charge on any atom is 0.317 e. The lowest BCUT2D eigenvalue weighted by atomic mass is 10.0. The van der Waals surface area contributed by atoms with Gasteiger partial charge in [0.05, 0.1) is 6.42 Å². The molecule has 1 heterocycles. The Morgan fingerprint density at radius 1 is 1.35 bits per heavy atom. The third-order valence-corrected chi connectivity index (χ3v) is 3.88. The molecule has 124 valence electrons. The average Bonchev–Trinajstić information content (AvgIpc) is 2.55. The second-order valence-corrected chi connectivity index (χ2v) is 5.47. The standard InChI is InChI=1S/C16H21N3O4/c1-18(16(23)17-10-9-14(20)21)13-8-5-11-19(15(13)22)12-6-3-2-4-7-12/h2-4,6-7,13H,5,8-11H2,1H3,(H,17,23)(H,20,21). The van der Waals surface area contributed by atoms with Gasteiger partial charge < -0.3 is 20.2 Å². The molecule has 0 aliphatic carbocycles. The number of nitrogens with one attached hydrogen (secondary N) is 1. The molecule has 0 saturated carbocycles. The summed E-state index contributed by atoms with van der Waals surface area (Å²) in [7, 11) is 1.56. The Labute approximate surface area is 134 Å². The van der Waals surface area contributed by atoms with Crippen molar-refractivity contribution in [1.82, 2.24) is 10.2 Å². The van der Waals surface area contributed by atoms with E-state index in [-0.39, 0.29) is 18.9 Å². The van der Waals surface area contributed by atoms with Crippen molar-refractivity contribution in [2.45, 2.75) is 25.3 Å². The molecule has 0 radical (unpaired) electrons. The Kier molecular flexibility index (Phi) is 5.56. The molecule has 7 nitrogen and oxygen atoms in total. The molecule has 1 aromatic rings. The molecule has 1 aliphatic rings. The van der Waals surface area contributed by atoms with Gasteiger partial charge in [-0.1, -0.05) is 18.2 Å². The fourth-order valence-corrected chi connectivity index (χ4v) is 2.62. The summed E-state index contributed by atoms with van der Waals surface area (Å²) in [5, 5.41) is 11.1. The molecule has 0 spiro atoms. The quantitative estimate of drug-likeness (QED) is 0.856. The van der Waals surface area contributed by atoms with Crippen molar-refractivity contribution in [2.24, 2.45) is 0 Å². The fraction of sp³-hybridized carbons (Fsp3) is 0.438. The summed E-state index contributed by atoms with van der Waals surface area (Å²) >= 11 is 0. The first-order valence-corrected chi connectivity index (χ1v) is 7.59. The number of likely N-dealkylation sites (N-methyl/N-ethyl adjacent to an activating group) is 1. The smallest absolute Gasteiger partial charge is 0.317 e. The minimum absolute atomic E-state index is 0.0435. The maximum absolute atomic E-state index is 12.7. The first-order chi connectivity index (χ1) is 11.0. The van der Waals surface area contributed by atoms with Gasteiger partial charge in [-0.3, -0.25) is 9.59 Å². The molecule has 0 bridgehead atoms. The van der Waals surface area contributed by atoms with Gasteiger partial charge >= 0.3 is 12.0 Å². The van der Waals surface area contributed by atoms with Crippen molar-refractivity contribution in [3.05, 3.63) is 30.3 Å². The molecule has 1 atom stereocenters. The predicted octanol–water partition coefficient (Wildman–Crippen LogP) is 1.30. The number of amides is 3. The third kappa shape index (κ3) is 4.21. The van der Waals surface area contributed by atoms with Crippen LogP contribution in [0.1, 0.15) is 19.3 Å². The lowest BCUT2D eigenvalue weighted by molar-refractivity contribution is -0.136. The number of para-hydroxylation sites is 1. The number of benzene rings is 1. The molecule has 1 aliphatic heterocycles. The van der Waals surface area contributed by atoms with Crippen LogP contribution < -0.4 is 10.2 Å². The summed E-state index contributed by atoms with van der Waals surface area (Å²) in [4.78, 5) is 38.3. The second kappa shape index (κ2) is 7.62. The number of carbonyl (C=O) groups is 3. The van der Waals surface area contributed by atoms with E-state index in [1.165, 1.54) is 4.90 Å². The lowest BCUT2D eigenvalue weighted by Gasteiger charge is -2.36. The highest BCUT2D eigenvalue weighted by Gasteiger charge is 2.34. The summed E-state index contributed by atoms with van der Waals surface area (Å²) in [6.07, 6.45) is 1.26. The second-order valence-electron chi connectivity index (χ2n) is 5.47. The summed E-state index contributed by atoms with van der Waals surface area (Å²) < 4.78 is 0. The van der Waals surface area contributed by atoms with Crippen LogP contribution in [0.2, 0.25) is 0 Å². The van der Waals surface area contributed by atoms with Crippen molar-refractivity contribution in [1.29, 1.82) is 0 Å². The highest BCUT2D eigenvalue weighted by atomic mass is 16.4. The molecule has 2 rings (SSSR count). The van der Waals surface area contributed by atoms with Gasteiger partial charge in [-0.15, -0.1) is 0 Å². The monoisotopic (exact) mass is 319 g/mol. The van der Waals surface area contributed by atoms with Crippen LogP contribution >= 0.6 is 0 Å². The molecule has 0 aromatic heterocycles. The van der Waals surface area contributed by atoms with E-state index in [0.717, 1.165) is 12.1 Å². The van der Waals surface area contributed by atoms with E-state index in [2.05, 4.69) is 5.32 Å². The Balaban J connectivity index is 2.00. The number of urea groups is 1.